The molecular formula is C25H30N4O. The minimum absolute atomic E-state index is 0.0836. The van der Waals surface area contributed by atoms with E-state index in [9.17, 15) is 4.79 Å². The van der Waals surface area contributed by atoms with Crippen LogP contribution in [-0.4, -0.2) is 40.5 Å². The largest absolute Gasteiger partial charge is 0.342 e. The summed E-state index contributed by atoms with van der Waals surface area (Å²) in [4.78, 5) is 23.1. The van der Waals surface area contributed by atoms with Gasteiger partial charge in [-0.1, -0.05) is 55.3 Å². The van der Waals surface area contributed by atoms with Gasteiger partial charge in [-0.15, -0.1) is 0 Å². The lowest BCUT2D eigenvalue weighted by molar-refractivity contribution is 0.177. The van der Waals surface area contributed by atoms with E-state index in [-0.39, 0.29) is 11.4 Å². The zero-order chi connectivity index (χ0) is 20.4. The Morgan fingerprint density at radius 2 is 1.73 bits per heavy atom. The minimum atomic E-state index is 0.0836. The number of hydrogen-bond acceptors (Lipinski definition) is 2. The van der Waals surface area contributed by atoms with E-state index in [1.807, 2.05) is 23.1 Å². The van der Waals surface area contributed by atoms with Crippen molar-refractivity contribution in [2.24, 2.45) is 0 Å². The summed E-state index contributed by atoms with van der Waals surface area (Å²) < 4.78 is 0. The Balaban J connectivity index is 1.19. The van der Waals surface area contributed by atoms with Crippen molar-refractivity contribution in [3.05, 3.63) is 66.0 Å². The van der Waals surface area contributed by atoms with Gasteiger partial charge >= 0.3 is 6.03 Å². The monoisotopic (exact) mass is 402 g/mol. The van der Waals surface area contributed by atoms with E-state index in [4.69, 9.17) is 4.98 Å². The molecule has 0 unspecified atom stereocenters. The highest BCUT2D eigenvalue weighted by Crippen LogP contribution is 2.40. The van der Waals surface area contributed by atoms with Crippen molar-refractivity contribution in [1.29, 1.82) is 0 Å². The maximum atomic E-state index is 12.9. The molecule has 5 nitrogen and oxygen atoms in total. The fourth-order valence-electron chi connectivity index (χ4n) is 5.29. The Hall–Kier alpha value is -2.82. The van der Waals surface area contributed by atoms with Crippen molar-refractivity contribution in [2.45, 2.75) is 49.9 Å². The molecule has 2 heterocycles. The lowest BCUT2D eigenvalue weighted by Gasteiger charge is -2.34. The second-order valence-corrected chi connectivity index (χ2v) is 8.91. The van der Waals surface area contributed by atoms with Crippen molar-refractivity contribution < 1.29 is 4.79 Å². The zero-order valence-corrected chi connectivity index (χ0v) is 17.4. The van der Waals surface area contributed by atoms with Crippen LogP contribution >= 0.6 is 0 Å². The molecule has 156 valence electrons. The van der Waals surface area contributed by atoms with Gasteiger partial charge in [0.1, 0.15) is 5.82 Å². The summed E-state index contributed by atoms with van der Waals surface area (Å²) in [5.41, 5.74) is 3.58. The van der Waals surface area contributed by atoms with Crippen LogP contribution < -0.4 is 5.32 Å². The predicted octanol–water partition coefficient (Wildman–Crippen LogP) is 4.96. The molecule has 3 aromatic rings. The molecule has 1 saturated heterocycles. The van der Waals surface area contributed by atoms with Gasteiger partial charge in [0.05, 0.1) is 11.0 Å². The first-order valence-electron chi connectivity index (χ1n) is 11.3. The molecule has 1 saturated carbocycles. The number of benzene rings is 2. The zero-order valence-electron chi connectivity index (χ0n) is 17.4. The van der Waals surface area contributed by atoms with Crippen molar-refractivity contribution in [3.8, 4) is 0 Å². The van der Waals surface area contributed by atoms with E-state index < -0.39 is 0 Å². The summed E-state index contributed by atoms with van der Waals surface area (Å²) in [5.74, 6) is 1.46. The van der Waals surface area contributed by atoms with Crippen LogP contribution in [0.25, 0.3) is 11.0 Å². The van der Waals surface area contributed by atoms with E-state index >= 15 is 0 Å². The van der Waals surface area contributed by atoms with E-state index in [1.54, 1.807) is 0 Å². The first kappa shape index (κ1) is 19.2. The summed E-state index contributed by atoms with van der Waals surface area (Å²) in [6.45, 7) is 2.30. The Kier molecular flexibility index (Phi) is 5.19. The number of fused-ring (bicyclic) bond motifs is 1. The molecule has 1 aliphatic carbocycles. The van der Waals surface area contributed by atoms with Crippen molar-refractivity contribution in [1.82, 2.24) is 20.2 Å². The van der Waals surface area contributed by atoms with Gasteiger partial charge in [-0.25, -0.2) is 9.78 Å². The number of piperidine rings is 1. The molecule has 0 radical (unpaired) electrons. The molecule has 5 heteroatoms. The first-order valence-corrected chi connectivity index (χ1v) is 11.3. The van der Waals surface area contributed by atoms with Gasteiger partial charge in [0, 0.05) is 31.0 Å². The van der Waals surface area contributed by atoms with Gasteiger partial charge in [0.2, 0.25) is 0 Å². The predicted molar refractivity (Wildman–Crippen MR) is 120 cm³/mol. The van der Waals surface area contributed by atoms with Gasteiger partial charge in [0.25, 0.3) is 0 Å². The van der Waals surface area contributed by atoms with Crippen molar-refractivity contribution in [2.75, 3.05) is 19.6 Å². The molecule has 2 N–H and O–H groups in total. The maximum Gasteiger partial charge on any atom is 0.317 e. The molecule has 5 rings (SSSR count). The number of nitrogens with one attached hydrogen (secondary N) is 2. The minimum Gasteiger partial charge on any atom is -0.342 e. The lowest BCUT2D eigenvalue weighted by Crippen LogP contribution is -2.48. The molecule has 2 aliphatic rings. The topological polar surface area (TPSA) is 61.0 Å². The Bertz CT molecular complexity index is 965. The number of rotatable bonds is 4. The van der Waals surface area contributed by atoms with E-state index in [1.165, 1.54) is 18.4 Å². The summed E-state index contributed by atoms with van der Waals surface area (Å²) in [6, 6.07) is 19.0. The number of urea groups is 1. The molecule has 1 aromatic heterocycles. The Morgan fingerprint density at radius 1 is 1.03 bits per heavy atom. The smallest absolute Gasteiger partial charge is 0.317 e. The molecule has 2 fully saturated rings. The van der Waals surface area contributed by atoms with Crippen LogP contribution in [0.15, 0.2) is 54.6 Å². The fourth-order valence-corrected chi connectivity index (χ4v) is 5.29. The Labute approximate surface area is 177 Å². The number of carbonyl (C=O) groups is 1. The van der Waals surface area contributed by atoms with E-state index in [2.05, 4.69) is 46.7 Å². The third kappa shape index (κ3) is 3.69. The molecule has 0 bridgehead atoms. The van der Waals surface area contributed by atoms with Gasteiger partial charge in [0.15, 0.2) is 0 Å². The number of aromatic amines is 1. The van der Waals surface area contributed by atoms with Gasteiger partial charge in [-0.2, -0.15) is 0 Å². The highest BCUT2D eigenvalue weighted by atomic mass is 16.2. The highest BCUT2D eigenvalue weighted by molar-refractivity contribution is 5.75. The lowest BCUT2D eigenvalue weighted by atomic mass is 9.79. The molecule has 30 heavy (non-hydrogen) atoms. The SMILES string of the molecule is O=C(NCC1(c2ccccc2)CCCC1)N1CCC(c2nc3ccccc3[nH]2)CC1. The maximum absolute atomic E-state index is 12.9. The highest BCUT2D eigenvalue weighted by Gasteiger charge is 2.36. The van der Waals surface area contributed by atoms with Crippen molar-refractivity contribution in [3.63, 3.8) is 0 Å². The average Bonchev–Trinajstić information content (AvgIpc) is 3.46. The number of hydrogen-bond donors (Lipinski definition) is 2. The van der Waals surface area contributed by atoms with Crippen LogP contribution in [0.5, 0.6) is 0 Å². The van der Waals surface area contributed by atoms with Crippen LogP contribution in [0, 0.1) is 0 Å². The van der Waals surface area contributed by atoms with E-state index in [0.29, 0.717) is 5.92 Å². The number of imidazole rings is 1. The van der Waals surface area contributed by atoms with Crippen LogP contribution in [0.3, 0.4) is 0 Å². The standard InChI is InChI=1S/C25H30N4O/c30-24(26-18-25(14-6-7-15-25)20-8-2-1-3-9-20)29-16-12-19(13-17-29)23-27-21-10-4-5-11-22(21)28-23/h1-5,8-11,19H,6-7,12-18H2,(H,26,30)(H,27,28). The third-order valence-corrected chi connectivity index (χ3v) is 7.10. The number of H-pyrrole nitrogens is 1. The molecule has 2 amide bonds. The quantitative estimate of drug-likeness (QED) is 0.648. The number of likely N-dealkylation sites (tertiary alicyclic amines) is 1. The van der Waals surface area contributed by atoms with Gasteiger partial charge in [-0.05, 0) is 43.4 Å². The molecule has 0 atom stereocenters. The second kappa shape index (κ2) is 8.13. The van der Waals surface area contributed by atoms with Crippen LogP contribution in [0.1, 0.15) is 55.8 Å². The van der Waals surface area contributed by atoms with Gasteiger partial charge < -0.3 is 15.2 Å². The molecule has 0 spiro atoms. The van der Waals surface area contributed by atoms with Gasteiger partial charge in [-0.3, -0.25) is 0 Å². The molecule has 1 aliphatic heterocycles. The van der Waals surface area contributed by atoms with Crippen molar-refractivity contribution >= 4 is 17.1 Å². The number of nitrogens with zero attached hydrogens (tertiary/aromatic N) is 2. The summed E-state index contributed by atoms with van der Waals surface area (Å²) in [6.07, 6.45) is 6.71. The second-order valence-electron chi connectivity index (χ2n) is 8.91. The fraction of sp³-hybridized carbons (Fsp3) is 0.440. The average molecular weight is 403 g/mol. The third-order valence-electron chi connectivity index (χ3n) is 7.10. The summed E-state index contributed by atoms with van der Waals surface area (Å²) in [7, 11) is 0. The number of amides is 2. The summed E-state index contributed by atoms with van der Waals surface area (Å²) >= 11 is 0. The number of para-hydroxylation sites is 2. The summed E-state index contributed by atoms with van der Waals surface area (Å²) in [5, 5.41) is 3.27. The number of carbonyl (C=O) groups excluding carboxylic acids is 1. The molecule has 2 aromatic carbocycles. The van der Waals surface area contributed by atoms with E-state index in [0.717, 1.165) is 62.2 Å². The number of aromatic nitrogens is 2. The first-order chi connectivity index (χ1) is 14.7. The Morgan fingerprint density at radius 3 is 2.47 bits per heavy atom. The van der Waals surface area contributed by atoms with Crippen LogP contribution in [0.4, 0.5) is 4.79 Å². The molecular weight excluding hydrogens is 372 g/mol. The van der Waals surface area contributed by atoms with Crippen LogP contribution in [-0.2, 0) is 5.41 Å². The van der Waals surface area contributed by atoms with Crippen LogP contribution in [0.2, 0.25) is 0 Å². The normalized spacial score (nSPS) is 19.3.